The Labute approximate surface area is 158 Å². The zero-order valence-corrected chi connectivity index (χ0v) is 15.2. The number of anilines is 1. The number of carboxylic acid groups (broad SMARTS) is 1. The van der Waals surface area contributed by atoms with Crippen molar-refractivity contribution >= 4 is 17.6 Å². The van der Waals surface area contributed by atoms with Crippen LogP contribution in [0.5, 0.6) is 5.75 Å². The average Bonchev–Trinajstić information content (AvgIpc) is 2.67. The van der Waals surface area contributed by atoms with Gasteiger partial charge in [-0.2, -0.15) is 0 Å². The lowest BCUT2D eigenvalue weighted by atomic mass is 10.1. The summed E-state index contributed by atoms with van der Waals surface area (Å²) in [5, 5.41) is 20.3. The van der Waals surface area contributed by atoms with Crippen LogP contribution in [-0.4, -0.2) is 35.3 Å². The highest BCUT2D eigenvalue weighted by molar-refractivity contribution is 6.06. The highest BCUT2D eigenvalue weighted by atomic mass is 16.5. The minimum absolute atomic E-state index is 0.0268. The van der Waals surface area contributed by atoms with Gasteiger partial charge in [0.1, 0.15) is 5.75 Å². The molecule has 0 saturated heterocycles. The predicted molar refractivity (Wildman–Crippen MR) is 103 cm³/mol. The molecular formula is C21H25NO5. The van der Waals surface area contributed by atoms with Crippen LogP contribution in [0.25, 0.3) is 0 Å². The summed E-state index contributed by atoms with van der Waals surface area (Å²) in [6.45, 7) is 0.436. The maximum absolute atomic E-state index is 12.6. The van der Waals surface area contributed by atoms with Crippen molar-refractivity contribution in [1.82, 2.24) is 0 Å². The third-order valence-electron chi connectivity index (χ3n) is 4.01. The lowest BCUT2D eigenvalue weighted by molar-refractivity contribution is -0.137. The summed E-state index contributed by atoms with van der Waals surface area (Å²) in [6.07, 6.45) is 3.00. The highest BCUT2D eigenvalue weighted by Crippen LogP contribution is 2.20. The monoisotopic (exact) mass is 371 g/mol. The quantitative estimate of drug-likeness (QED) is 0.526. The van der Waals surface area contributed by atoms with Crippen molar-refractivity contribution in [2.75, 3.05) is 18.5 Å². The first-order valence-corrected chi connectivity index (χ1v) is 9.05. The summed E-state index contributed by atoms with van der Waals surface area (Å²) in [4.78, 5) is 23.1. The standard InChI is InChI=1S/C21H25NO5/c23-14-4-3-6-16-10-12-17(13-11-16)22-21(26)18-7-1-2-8-19(18)27-15-5-9-20(24)25/h1-2,7-8,10-13,23H,3-6,9,14-15H2,(H,22,26)(H,24,25). The van der Waals surface area contributed by atoms with Crippen molar-refractivity contribution < 1.29 is 24.5 Å². The number of carbonyl (C=O) groups is 2. The summed E-state index contributed by atoms with van der Waals surface area (Å²) in [7, 11) is 0. The van der Waals surface area contributed by atoms with Crippen LogP contribution < -0.4 is 10.1 Å². The van der Waals surface area contributed by atoms with E-state index in [4.69, 9.17) is 14.9 Å². The number of para-hydroxylation sites is 1. The van der Waals surface area contributed by atoms with Gasteiger partial charge in [-0.25, -0.2) is 0 Å². The molecule has 0 heterocycles. The number of carboxylic acids is 1. The molecule has 27 heavy (non-hydrogen) atoms. The van der Waals surface area contributed by atoms with E-state index in [1.165, 1.54) is 0 Å². The zero-order chi connectivity index (χ0) is 19.5. The molecule has 0 bridgehead atoms. The van der Waals surface area contributed by atoms with Gasteiger partial charge in [-0.3, -0.25) is 9.59 Å². The number of aryl methyl sites for hydroxylation is 1. The van der Waals surface area contributed by atoms with Crippen molar-refractivity contribution in [3.8, 4) is 5.75 Å². The van der Waals surface area contributed by atoms with Gasteiger partial charge in [0.2, 0.25) is 0 Å². The lowest BCUT2D eigenvalue weighted by Gasteiger charge is -2.12. The molecule has 0 saturated carbocycles. The Balaban J connectivity index is 1.94. The lowest BCUT2D eigenvalue weighted by Crippen LogP contribution is -2.14. The van der Waals surface area contributed by atoms with E-state index < -0.39 is 5.97 Å². The van der Waals surface area contributed by atoms with Crippen molar-refractivity contribution in [2.45, 2.75) is 32.1 Å². The first-order chi connectivity index (χ1) is 13.1. The number of aliphatic carboxylic acids is 1. The Kier molecular flexibility index (Phi) is 8.32. The number of nitrogens with one attached hydrogen (secondary N) is 1. The molecule has 0 unspecified atom stereocenters. The average molecular weight is 371 g/mol. The van der Waals surface area contributed by atoms with Gasteiger partial charge in [0.05, 0.1) is 12.2 Å². The molecule has 2 rings (SSSR count). The molecule has 0 aliphatic rings. The fourth-order valence-corrected chi connectivity index (χ4v) is 2.58. The molecule has 0 aliphatic carbocycles. The summed E-state index contributed by atoms with van der Waals surface area (Å²) in [6, 6.07) is 14.5. The second kappa shape index (κ2) is 11.0. The zero-order valence-electron chi connectivity index (χ0n) is 15.2. The minimum Gasteiger partial charge on any atom is -0.493 e. The second-order valence-electron chi connectivity index (χ2n) is 6.17. The first kappa shape index (κ1) is 20.5. The Morgan fingerprint density at radius 1 is 0.963 bits per heavy atom. The van der Waals surface area contributed by atoms with Gasteiger partial charge in [0.15, 0.2) is 0 Å². The van der Waals surface area contributed by atoms with Crippen LogP contribution in [0, 0.1) is 0 Å². The van der Waals surface area contributed by atoms with Crippen molar-refractivity contribution in [3.05, 3.63) is 59.7 Å². The molecule has 2 aromatic carbocycles. The van der Waals surface area contributed by atoms with Gasteiger partial charge in [-0.05, 0) is 55.5 Å². The molecule has 6 heteroatoms. The Hall–Kier alpha value is -2.86. The van der Waals surface area contributed by atoms with Gasteiger partial charge >= 0.3 is 5.97 Å². The Morgan fingerprint density at radius 3 is 2.41 bits per heavy atom. The topological polar surface area (TPSA) is 95.9 Å². The summed E-state index contributed by atoms with van der Waals surface area (Å²) in [5.41, 5.74) is 2.25. The van der Waals surface area contributed by atoms with Crippen LogP contribution in [0.4, 0.5) is 5.69 Å². The van der Waals surface area contributed by atoms with Gasteiger partial charge in [-0.15, -0.1) is 0 Å². The number of benzene rings is 2. The van der Waals surface area contributed by atoms with Crippen LogP contribution in [0.3, 0.4) is 0 Å². The largest absolute Gasteiger partial charge is 0.493 e. The normalized spacial score (nSPS) is 10.4. The number of aliphatic hydroxyl groups is 1. The molecular weight excluding hydrogens is 346 g/mol. The fraction of sp³-hybridized carbons (Fsp3) is 0.333. The maximum atomic E-state index is 12.6. The number of unbranched alkanes of at least 4 members (excludes halogenated alkanes) is 1. The van der Waals surface area contributed by atoms with Crippen molar-refractivity contribution in [1.29, 1.82) is 0 Å². The summed E-state index contributed by atoms with van der Waals surface area (Å²) >= 11 is 0. The van der Waals surface area contributed by atoms with Crippen molar-refractivity contribution in [2.24, 2.45) is 0 Å². The molecule has 0 aromatic heterocycles. The van der Waals surface area contributed by atoms with E-state index in [2.05, 4.69) is 5.32 Å². The molecule has 6 nitrogen and oxygen atoms in total. The number of ether oxygens (including phenoxy) is 1. The van der Waals surface area contributed by atoms with E-state index in [0.29, 0.717) is 23.4 Å². The van der Waals surface area contributed by atoms with E-state index in [1.54, 1.807) is 24.3 Å². The maximum Gasteiger partial charge on any atom is 0.303 e. The Bertz CT molecular complexity index is 742. The molecule has 1 amide bonds. The van der Waals surface area contributed by atoms with Crippen LogP contribution in [0.2, 0.25) is 0 Å². The molecule has 0 aliphatic heterocycles. The number of hydrogen-bond acceptors (Lipinski definition) is 4. The minimum atomic E-state index is -0.871. The van der Waals surface area contributed by atoms with E-state index in [1.807, 2.05) is 24.3 Å². The van der Waals surface area contributed by atoms with Gasteiger partial charge in [-0.1, -0.05) is 24.3 Å². The fourth-order valence-electron chi connectivity index (χ4n) is 2.58. The number of aliphatic hydroxyl groups excluding tert-OH is 1. The van der Waals surface area contributed by atoms with E-state index in [0.717, 1.165) is 24.8 Å². The van der Waals surface area contributed by atoms with Crippen LogP contribution in [-0.2, 0) is 11.2 Å². The summed E-state index contributed by atoms with van der Waals surface area (Å²) < 4.78 is 5.58. The molecule has 2 aromatic rings. The molecule has 0 radical (unpaired) electrons. The smallest absolute Gasteiger partial charge is 0.303 e. The molecule has 3 N–H and O–H groups in total. The SMILES string of the molecule is O=C(O)CCCOc1ccccc1C(=O)Nc1ccc(CCCCO)cc1. The number of carbonyl (C=O) groups excluding carboxylic acids is 1. The number of hydrogen-bond donors (Lipinski definition) is 3. The molecule has 0 fully saturated rings. The molecule has 144 valence electrons. The van der Waals surface area contributed by atoms with Gasteiger partial charge < -0.3 is 20.3 Å². The molecule has 0 spiro atoms. The number of rotatable bonds is 11. The van der Waals surface area contributed by atoms with Gasteiger partial charge in [0.25, 0.3) is 5.91 Å². The number of amides is 1. The van der Waals surface area contributed by atoms with E-state index in [-0.39, 0.29) is 25.5 Å². The third kappa shape index (κ3) is 7.11. The van der Waals surface area contributed by atoms with Crippen LogP contribution in [0.1, 0.15) is 41.6 Å². The predicted octanol–water partition coefficient (Wildman–Crippen LogP) is 3.50. The van der Waals surface area contributed by atoms with Gasteiger partial charge in [0, 0.05) is 18.7 Å². The van der Waals surface area contributed by atoms with Crippen LogP contribution >= 0.6 is 0 Å². The van der Waals surface area contributed by atoms with E-state index >= 15 is 0 Å². The van der Waals surface area contributed by atoms with E-state index in [9.17, 15) is 9.59 Å². The van der Waals surface area contributed by atoms with Crippen molar-refractivity contribution in [3.63, 3.8) is 0 Å². The van der Waals surface area contributed by atoms with Crippen LogP contribution in [0.15, 0.2) is 48.5 Å². The third-order valence-corrected chi connectivity index (χ3v) is 4.01. The molecule has 0 atom stereocenters. The second-order valence-corrected chi connectivity index (χ2v) is 6.17. The highest BCUT2D eigenvalue weighted by Gasteiger charge is 2.12. The first-order valence-electron chi connectivity index (χ1n) is 9.05. The Morgan fingerprint density at radius 2 is 1.70 bits per heavy atom. The summed E-state index contributed by atoms with van der Waals surface area (Å²) in [5.74, 6) is -0.720.